The fourth-order valence-electron chi connectivity index (χ4n) is 1.55. The summed E-state index contributed by atoms with van der Waals surface area (Å²) in [6.45, 7) is 1.71. The van der Waals surface area contributed by atoms with Gasteiger partial charge in [-0.3, -0.25) is 9.71 Å². The number of aryl methyl sites for hydroxylation is 2. The smallest absolute Gasteiger partial charge is 0.238 e. The Morgan fingerprint density at radius 3 is 2.75 bits per heavy atom. The van der Waals surface area contributed by atoms with E-state index in [1.165, 1.54) is 0 Å². The monoisotopic (exact) mass is 312 g/mol. The maximum absolute atomic E-state index is 11.9. The standard InChI is InChI=1S/C12H13ClN4O2S/c1-9-8-11(13)16-12(15-9)17-20(18,19)7-5-10-4-2-3-6-14-10/h2-4,6,8H,5,7H2,1H3,(H,15,16,17). The fraction of sp³-hybridized carbons (Fsp3) is 0.250. The van der Waals surface area contributed by atoms with Crippen molar-refractivity contribution < 1.29 is 8.42 Å². The van der Waals surface area contributed by atoms with Crippen LogP contribution in [-0.4, -0.2) is 29.1 Å². The van der Waals surface area contributed by atoms with E-state index in [0.29, 0.717) is 17.8 Å². The van der Waals surface area contributed by atoms with E-state index in [-0.39, 0.29) is 16.9 Å². The molecule has 0 fully saturated rings. The molecule has 6 nitrogen and oxygen atoms in total. The van der Waals surface area contributed by atoms with Crippen molar-refractivity contribution in [2.24, 2.45) is 0 Å². The molecule has 20 heavy (non-hydrogen) atoms. The second-order valence-corrected chi connectivity index (χ2v) is 6.38. The first-order chi connectivity index (χ1) is 9.44. The summed E-state index contributed by atoms with van der Waals surface area (Å²) >= 11 is 5.76. The molecule has 0 amide bonds. The van der Waals surface area contributed by atoms with Crippen LogP contribution in [0.5, 0.6) is 0 Å². The van der Waals surface area contributed by atoms with E-state index < -0.39 is 10.0 Å². The highest BCUT2D eigenvalue weighted by Gasteiger charge is 2.13. The Kier molecular flexibility index (Phi) is 4.51. The van der Waals surface area contributed by atoms with Crippen LogP contribution < -0.4 is 4.72 Å². The average Bonchev–Trinajstić information content (AvgIpc) is 2.36. The third-order valence-corrected chi connectivity index (χ3v) is 3.85. The van der Waals surface area contributed by atoms with Crippen molar-refractivity contribution in [2.75, 3.05) is 10.5 Å². The minimum Gasteiger partial charge on any atom is -0.261 e. The largest absolute Gasteiger partial charge is 0.261 e. The molecule has 0 radical (unpaired) electrons. The highest BCUT2D eigenvalue weighted by atomic mass is 35.5. The summed E-state index contributed by atoms with van der Waals surface area (Å²) in [5, 5.41) is 0.194. The molecule has 0 atom stereocenters. The summed E-state index contributed by atoms with van der Waals surface area (Å²) in [5.74, 6) is -0.116. The van der Waals surface area contributed by atoms with Crippen LogP contribution in [0, 0.1) is 6.92 Å². The SMILES string of the molecule is Cc1cc(Cl)nc(NS(=O)(=O)CCc2ccccn2)n1. The predicted octanol–water partition coefficient (Wildman–Crippen LogP) is 1.82. The van der Waals surface area contributed by atoms with E-state index >= 15 is 0 Å². The Balaban J connectivity index is 2.04. The van der Waals surface area contributed by atoms with Gasteiger partial charge in [-0.25, -0.2) is 18.4 Å². The molecule has 106 valence electrons. The molecule has 1 N–H and O–H groups in total. The second-order valence-electron chi connectivity index (χ2n) is 4.15. The molecule has 0 aliphatic heterocycles. The van der Waals surface area contributed by atoms with Gasteiger partial charge in [-0.05, 0) is 25.1 Å². The van der Waals surface area contributed by atoms with Crippen LogP contribution in [0.1, 0.15) is 11.4 Å². The Labute approximate surface area is 122 Å². The maximum atomic E-state index is 11.9. The molecule has 0 spiro atoms. The van der Waals surface area contributed by atoms with Gasteiger partial charge >= 0.3 is 0 Å². The van der Waals surface area contributed by atoms with Gasteiger partial charge in [0.1, 0.15) is 5.15 Å². The first-order valence-electron chi connectivity index (χ1n) is 5.86. The highest BCUT2D eigenvalue weighted by molar-refractivity contribution is 7.92. The summed E-state index contributed by atoms with van der Waals surface area (Å²) in [5.41, 5.74) is 1.30. The van der Waals surface area contributed by atoms with Crippen LogP contribution in [0.3, 0.4) is 0 Å². The van der Waals surface area contributed by atoms with Gasteiger partial charge in [0.15, 0.2) is 0 Å². The van der Waals surface area contributed by atoms with Crippen LogP contribution in [0.25, 0.3) is 0 Å². The van der Waals surface area contributed by atoms with Crippen LogP contribution in [-0.2, 0) is 16.4 Å². The average molecular weight is 313 g/mol. The van der Waals surface area contributed by atoms with E-state index in [9.17, 15) is 8.42 Å². The molecule has 0 aliphatic carbocycles. The van der Waals surface area contributed by atoms with Crippen molar-refractivity contribution in [3.05, 3.63) is 47.0 Å². The quantitative estimate of drug-likeness (QED) is 0.851. The van der Waals surface area contributed by atoms with E-state index in [2.05, 4.69) is 19.7 Å². The van der Waals surface area contributed by atoms with Gasteiger partial charge in [0.05, 0.1) is 5.75 Å². The lowest BCUT2D eigenvalue weighted by atomic mass is 10.3. The summed E-state index contributed by atoms with van der Waals surface area (Å²) < 4.78 is 26.2. The van der Waals surface area contributed by atoms with E-state index in [1.54, 1.807) is 31.3 Å². The number of sulfonamides is 1. The lowest BCUT2D eigenvalue weighted by Crippen LogP contribution is -2.20. The van der Waals surface area contributed by atoms with Crippen LogP contribution >= 0.6 is 11.6 Å². The number of nitrogens with one attached hydrogen (secondary N) is 1. The van der Waals surface area contributed by atoms with E-state index in [0.717, 1.165) is 0 Å². The summed E-state index contributed by atoms with van der Waals surface area (Å²) in [6, 6.07) is 6.91. The van der Waals surface area contributed by atoms with Gasteiger partial charge in [0.2, 0.25) is 16.0 Å². The zero-order valence-corrected chi connectivity index (χ0v) is 12.3. The topological polar surface area (TPSA) is 84.8 Å². The summed E-state index contributed by atoms with van der Waals surface area (Å²) in [4.78, 5) is 11.9. The normalized spacial score (nSPS) is 11.3. The van der Waals surface area contributed by atoms with Crippen LogP contribution in [0.2, 0.25) is 5.15 Å². The molecule has 2 heterocycles. The molecule has 0 saturated heterocycles. The first-order valence-corrected chi connectivity index (χ1v) is 7.89. The molecule has 0 unspecified atom stereocenters. The lowest BCUT2D eigenvalue weighted by molar-refractivity contribution is 0.599. The van der Waals surface area contributed by atoms with Gasteiger partial charge in [0.25, 0.3) is 0 Å². The third kappa shape index (κ3) is 4.43. The van der Waals surface area contributed by atoms with Gasteiger partial charge < -0.3 is 0 Å². The van der Waals surface area contributed by atoms with Crippen molar-refractivity contribution in [3.63, 3.8) is 0 Å². The highest BCUT2D eigenvalue weighted by Crippen LogP contribution is 2.11. The zero-order valence-electron chi connectivity index (χ0n) is 10.7. The number of aromatic nitrogens is 3. The van der Waals surface area contributed by atoms with Crippen molar-refractivity contribution >= 4 is 27.6 Å². The second kappa shape index (κ2) is 6.15. The molecular weight excluding hydrogens is 300 g/mol. The van der Waals surface area contributed by atoms with Crippen LogP contribution in [0.4, 0.5) is 5.95 Å². The first kappa shape index (κ1) is 14.7. The summed E-state index contributed by atoms with van der Waals surface area (Å²) in [6.07, 6.45) is 1.94. The van der Waals surface area contributed by atoms with Crippen molar-refractivity contribution in [1.29, 1.82) is 0 Å². The molecule has 2 aromatic heterocycles. The fourth-order valence-corrected chi connectivity index (χ4v) is 2.74. The Morgan fingerprint density at radius 1 is 1.30 bits per heavy atom. The molecule has 0 aliphatic rings. The minimum atomic E-state index is -3.54. The number of halogens is 1. The molecule has 2 rings (SSSR count). The molecular formula is C12H13ClN4O2S. The molecule has 2 aromatic rings. The number of hydrogen-bond acceptors (Lipinski definition) is 5. The van der Waals surface area contributed by atoms with Crippen molar-refractivity contribution in [2.45, 2.75) is 13.3 Å². The molecule has 0 aromatic carbocycles. The van der Waals surface area contributed by atoms with Crippen molar-refractivity contribution in [1.82, 2.24) is 15.0 Å². The Bertz CT molecular complexity index is 672. The molecule has 0 bridgehead atoms. The molecule has 8 heteroatoms. The number of hydrogen-bond donors (Lipinski definition) is 1. The third-order valence-electron chi connectivity index (χ3n) is 2.42. The van der Waals surface area contributed by atoms with Gasteiger partial charge in [-0.1, -0.05) is 17.7 Å². The predicted molar refractivity (Wildman–Crippen MR) is 77.1 cm³/mol. The molecule has 0 saturated carbocycles. The number of pyridine rings is 1. The lowest BCUT2D eigenvalue weighted by Gasteiger charge is -2.07. The maximum Gasteiger partial charge on any atom is 0.238 e. The minimum absolute atomic E-state index is 0.0176. The van der Waals surface area contributed by atoms with Gasteiger partial charge in [-0.15, -0.1) is 0 Å². The van der Waals surface area contributed by atoms with Gasteiger partial charge in [0, 0.05) is 24.0 Å². The number of anilines is 1. The zero-order chi connectivity index (χ0) is 14.6. The van der Waals surface area contributed by atoms with E-state index in [1.807, 2.05) is 6.07 Å². The van der Waals surface area contributed by atoms with Crippen molar-refractivity contribution in [3.8, 4) is 0 Å². The summed E-state index contributed by atoms with van der Waals surface area (Å²) in [7, 11) is -3.54. The Morgan fingerprint density at radius 2 is 2.10 bits per heavy atom. The van der Waals surface area contributed by atoms with E-state index in [4.69, 9.17) is 11.6 Å². The number of rotatable bonds is 5. The van der Waals surface area contributed by atoms with Crippen LogP contribution in [0.15, 0.2) is 30.5 Å². The Hall–Kier alpha value is -1.73. The number of nitrogens with zero attached hydrogens (tertiary/aromatic N) is 3. The van der Waals surface area contributed by atoms with Gasteiger partial charge in [-0.2, -0.15) is 0 Å².